The number of aryl methyl sites for hydroxylation is 1. The number of hydrogen-bond acceptors (Lipinski definition) is 5. The van der Waals surface area contributed by atoms with Crippen molar-refractivity contribution in [3.63, 3.8) is 0 Å². The Labute approximate surface area is 163 Å². The molecule has 1 fully saturated rings. The van der Waals surface area contributed by atoms with Gasteiger partial charge in [-0.1, -0.05) is 11.6 Å². The predicted octanol–water partition coefficient (Wildman–Crippen LogP) is 1.54. The Hall–Kier alpha value is -2.48. The van der Waals surface area contributed by atoms with Crippen LogP contribution in [-0.2, 0) is 9.59 Å². The van der Waals surface area contributed by atoms with Crippen LogP contribution in [0.4, 0.5) is 10.5 Å². The number of hydrogen-bond donors (Lipinski definition) is 2. The number of anilines is 1. The number of methoxy groups -OCH3 is 1. The fourth-order valence-electron chi connectivity index (χ4n) is 3.04. The van der Waals surface area contributed by atoms with E-state index in [2.05, 4.69) is 10.2 Å². The van der Waals surface area contributed by atoms with Gasteiger partial charge >= 0.3 is 6.03 Å². The van der Waals surface area contributed by atoms with Crippen molar-refractivity contribution in [2.45, 2.75) is 19.8 Å². The number of imide groups is 1. The summed E-state index contributed by atoms with van der Waals surface area (Å²) in [4.78, 5) is 37.6. The molecule has 0 atom stereocenters. The van der Waals surface area contributed by atoms with Crippen molar-refractivity contribution < 1.29 is 19.1 Å². The summed E-state index contributed by atoms with van der Waals surface area (Å²) < 4.78 is 5.30. The molecule has 1 heterocycles. The van der Waals surface area contributed by atoms with Gasteiger partial charge in [-0.25, -0.2) is 4.79 Å². The number of benzene rings is 1. The normalized spacial score (nSPS) is 13.9. The molecule has 0 spiro atoms. The predicted molar refractivity (Wildman–Crippen MR) is 103 cm³/mol. The van der Waals surface area contributed by atoms with Crippen LogP contribution in [0.2, 0.25) is 5.02 Å². The fraction of sp³-hybridized carbons (Fsp3) is 0.500. The molecule has 0 unspecified atom stereocenters. The van der Waals surface area contributed by atoms with Crippen molar-refractivity contribution in [2.24, 2.45) is 0 Å². The van der Waals surface area contributed by atoms with Crippen LogP contribution in [0.3, 0.4) is 0 Å². The number of amides is 4. The van der Waals surface area contributed by atoms with E-state index in [-0.39, 0.29) is 5.91 Å². The standard InChI is InChI=1S/C18H25ClN4O4/c1-13-10-14(19)16(27-2)11-15(13)22-6-8-23(9-7-22)17(25)4-3-5-20-18(26)21-12-24/h10-12H,3-9H2,1-2H3,(H2,20,21,24,26). The van der Waals surface area contributed by atoms with E-state index in [0.717, 1.165) is 24.3 Å². The van der Waals surface area contributed by atoms with Gasteiger partial charge in [0.1, 0.15) is 5.75 Å². The first-order chi connectivity index (χ1) is 13.0. The third kappa shape index (κ3) is 5.75. The summed E-state index contributed by atoms with van der Waals surface area (Å²) >= 11 is 6.16. The van der Waals surface area contributed by atoms with Gasteiger partial charge < -0.3 is 19.9 Å². The van der Waals surface area contributed by atoms with Crippen LogP contribution in [0.25, 0.3) is 0 Å². The van der Waals surface area contributed by atoms with E-state index in [1.165, 1.54) is 0 Å². The number of carbonyl (C=O) groups excluding carboxylic acids is 3. The molecule has 27 heavy (non-hydrogen) atoms. The largest absolute Gasteiger partial charge is 0.495 e. The first-order valence-electron chi connectivity index (χ1n) is 8.81. The number of urea groups is 1. The van der Waals surface area contributed by atoms with Crippen LogP contribution in [0.1, 0.15) is 18.4 Å². The van der Waals surface area contributed by atoms with Gasteiger partial charge in [0.05, 0.1) is 12.1 Å². The highest BCUT2D eigenvalue weighted by Gasteiger charge is 2.22. The molecule has 9 heteroatoms. The highest BCUT2D eigenvalue weighted by atomic mass is 35.5. The molecule has 0 saturated carbocycles. The Morgan fingerprint density at radius 3 is 2.59 bits per heavy atom. The minimum Gasteiger partial charge on any atom is -0.495 e. The maximum Gasteiger partial charge on any atom is 0.321 e. The summed E-state index contributed by atoms with van der Waals surface area (Å²) in [6.45, 7) is 5.10. The number of halogens is 1. The van der Waals surface area contributed by atoms with Gasteiger partial charge in [-0.15, -0.1) is 0 Å². The van der Waals surface area contributed by atoms with Crippen LogP contribution >= 0.6 is 11.6 Å². The van der Waals surface area contributed by atoms with Crippen molar-refractivity contribution in [1.82, 2.24) is 15.5 Å². The zero-order chi connectivity index (χ0) is 19.8. The van der Waals surface area contributed by atoms with Crippen LogP contribution < -0.4 is 20.3 Å². The summed E-state index contributed by atoms with van der Waals surface area (Å²) in [5, 5.41) is 5.08. The van der Waals surface area contributed by atoms with Gasteiger partial charge in [-0.05, 0) is 25.0 Å². The fourth-order valence-corrected chi connectivity index (χ4v) is 3.34. The lowest BCUT2D eigenvalue weighted by atomic mass is 10.1. The smallest absolute Gasteiger partial charge is 0.321 e. The number of nitrogens with zero attached hydrogens (tertiary/aromatic N) is 2. The van der Waals surface area contributed by atoms with E-state index in [1.807, 2.05) is 29.3 Å². The van der Waals surface area contributed by atoms with E-state index in [1.54, 1.807) is 7.11 Å². The lowest BCUT2D eigenvalue weighted by molar-refractivity contribution is -0.131. The Kier molecular flexibility index (Phi) is 7.72. The highest BCUT2D eigenvalue weighted by molar-refractivity contribution is 6.32. The molecule has 2 N–H and O–H groups in total. The van der Waals surface area contributed by atoms with E-state index < -0.39 is 6.03 Å². The molecule has 0 radical (unpaired) electrons. The second-order valence-electron chi connectivity index (χ2n) is 6.26. The third-order valence-electron chi connectivity index (χ3n) is 4.49. The van der Waals surface area contributed by atoms with Gasteiger partial charge in [-0.2, -0.15) is 0 Å². The molecular formula is C18H25ClN4O4. The average Bonchev–Trinajstić information content (AvgIpc) is 2.65. The minimum atomic E-state index is -0.556. The monoisotopic (exact) mass is 396 g/mol. The lowest BCUT2D eigenvalue weighted by Gasteiger charge is -2.37. The minimum absolute atomic E-state index is 0.0673. The molecule has 0 bridgehead atoms. The Morgan fingerprint density at radius 2 is 1.96 bits per heavy atom. The van der Waals surface area contributed by atoms with E-state index in [0.29, 0.717) is 49.7 Å². The molecular weight excluding hydrogens is 372 g/mol. The molecule has 4 amide bonds. The zero-order valence-corrected chi connectivity index (χ0v) is 16.3. The molecule has 8 nitrogen and oxygen atoms in total. The summed E-state index contributed by atoms with van der Waals surface area (Å²) in [5.41, 5.74) is 2.13. The van der Waals surface area contributed by atoms with Crippen LogP contribution in [0.15, 0.2) is 12.1 Å². The van der Waals surface area contributed by atoms with E-state index in [9.17, 15) is 14.4 Å². The quantitative estimate of drug-likeness (QED) is 0.539. The van der Waals surface area contributed by atoms with Crippen LogP contribution in [0, 0.1) is 6.92 Å². The molecule has 148 valence electrons. The lowest BCUT2D eigenvalue weighted by Crippen LogP contribution is -2.49. The third-order valence-corrected chi connectivity index (χ3v) is 4.78. The number of carbonyl (C=O) groups is 3. The van der Waals surface area contributed by atoms with E-state index >= 15 is 0 Å². The zero-order valence-electron chi connectivity index (χ0n) is 15.6. The molecule has 1 aromatic carbocycles. The summed E-state index contributed by atoms with van der Waals surface area (Å²) in [5.74, 6) is 0.708. The highest BCUT2D eigenvalue weighted by Crippen LogP contribution is 2.33. The number of ether oxygens (including phenoxy) is 1. The number of piperazine rings is 1. The Balaban J connectivity index is 1.80. The number of nitrogens with one attached hydrogen (secondary N) is 2. The topological polar surface area (TPSA) is 91.0 Å². The van der Waals surface area contributed by atoms with Gasteiger partial charge in [0.15, 0.2) is 0 Å². The second kappa shape index (κ2) is 10.0. The second-order valence-corrected chi connectivity index (χ2v) is 6.67. The average molecular weight is 397 g/mol. The van der Waals surface area contributed by atoms with Crippen molar-refractivity contribution in [3.8, 4) is 5.75 Å². The summed E-state index contributed by atoms with van der Waals surface area (Å²) in [6.07, 6.45) is 1.20. The molecule has 0 aliphatic carbocycles. The first-order valence-corrected chi connectivity index (χ1v) is 9.19. The van der Waals surface area contributed by atoms with Crippen LogP contribution in [0.5, 0.6) is 5.75 Å². The molecule has 0 aromatic heterocycles. The molecule has 1 aliphatic rings. The van der Waals surface area contributed by atoms with Gasteiger partial charge in [0, 0.05) is 50.9 Å². The van der Waals surface area contributed by atoms with E-state index in [4.69, 9.17) is 16.3 Å². The maximum atomic E-state index is 12.3. The molecule has 2 rings (SSSR count). The van der Waals surface area contributed by atoms with Gasteiger partial charge in [0.2, 0.25) is 12.3 Å². The van der Waals surface area contributed by atoms with Crippen molar-refractivity contribution >= 4 is 35.6 Å². The SMILES string of the molecule is COc1cc(N2CCN(C(=O)CCCNC(=O)NC=O)CC2)c(C)cc1Cl. The van der Waals surface area contributed by atoms with Crippen LogP contribution in [-0.4, -0.2) is 63.1 Å². The molecule has 1 aliphatic heterocycles. The molecule has 1 aromatic rings. The maximum absolute atomic E-state index is 12.3. The number of rotatable bonds is 7. The molecule has 1 saturated heterocycles. The van der Waals surface area contributed by atoms with Crippen molar-refractivity contribution in [3.05, 3.63) is 22.7 Å². The van der Waals surface area contributed by atoms with Gasteiger partial charge in [0.25, 0.3) is 0 Å². The van der Waals surface area contributed by atoms with Crippen molar-refractivity contribution in [1.29, 1.82) is 0 Å². The van der Waals surface area contributed by atoms with Gasteiger partial charge in [-0.3, -0.25) is 14.9 Å². The first kappa shape index (κ1) is 20.8. The summed E-state index contributed by atoms with van der Waals surface area (Å²) in [7, 11) is 1.59. The Bertz CT molecular complexity index is 690. The summed E-state index contributed by atoms with van der Waals surface area (Å²) in [6, 6.07) is 3.27. The Morgan fingerprint density at radius 1 is 1.26 bits per heavy atom. The van der Waals surface area contributed by atoms with Crippen molar-refractivity contribution in [2.75, 3.05) is 44.7 Å².